The van der Waals surface area contributed by atoms with E-state index in [-0.39, 0.29) is 11.9 Å². The van der Waals surface area contributed by atoms with Gasteiger partial charge in [0, 0.05) is 21.1 Å². The highest BCUT2D eigenvalue weighted by molar-refractivity contribution is 9.10. The van der Waals surface area contributed by atoms with Crippen molar-refractivity contribution in [2.24, 2.45) is 5.92 Å². The summed E-state index contributed by atoms with van der Waals surface area (Å²) < 4.78 is 0.827. The van der Waals surface area contributed by atoms with Crippen LogP contribution in [0.1, 0.15) is 43.0 Å². The molecule has 1 N–H and O–H groups in total. The van der Waals surface area contributed by atoms with Crippen LogP contribution in [0.2, 0.25) is 5.02 Å². The number of halogens is 2. The lowest BCUT2D eigenvalue weighted by Gasteiger charge is -2.20. The Morgan fingerprint density at radius 2 is 2.06 bits per heavy atom. The first kappa shape index (κ1) is 13.9. The zero-order valence-corrected chi connectivity index (χ0v) is 12.7. The fraction of sp³-hybridized carbons (Fsp3) is 0.500. The molecule has 98 valence electrons. The summed E-state index contributed by atoms with van der Waals surface area (Å²) in [6, 6.07) is 5.50. The third-order valence-electron chi connectivity index (χ3n) is 3.59. The molecule has 1 amide bonds. The normalized spacial score (nSPS) is 17.7. The first-order chi connectivity index (χ1) is 8.56. The van der Waals surface area contributed by atoms with Crippen LogP contribution in [0.4, 0.5) is 0 Å². The SMILES string of the molecule is CC(NC(=O)c1cc(Cl)cc(Br)c1)C1CCCC1. The van der Waals surface area contributed by atoms with Crippen molar-refractivity contribution in [2.45, 2.75) is 38.6 Å². The minimum absolute atomic E-state index is 0.0439. The molecule has 2 rings (SSSR count). The third-order valence-corrected chi connectivity index (χ3v) is 4.27. The highest BCUT2D eigenvalue weighted by atomic mass is 79.9. The second-order valence-electron chi connectivity index (χ2n) is 4.96. The minimum Gasteiger partial charge on any atom is -0.349 e. The smallest absolute Gasteiger partial charge is 0.251 e. The maximum Gasteiger partial charge on any atom is 0.251 e. The molecule has 0 radical (unpaired) electrons. The quantitative estimate of drug-likeness (QED) is 0.874. The Morgan fingerprint density at radius 1 is 1.39 bits per heavy atom. The van der Waals surface area contributed by atoms with E-state index in [0.29, 0.717) is 16.5 Å². The van der Waals surface area contributed by atoms with Crippen molar-refractivity contribution >= 4 is 33.4 Å². The van der Waals surface area contributed by atoms with Gasteiger partial charge in [0.2, 0.25) is 0 Å². The Balaban J connectivity index is 2.02. The fourth-order valence-electron chi connectivity index (χ4n) is 2.55. The number of carbonyl (C=O) groups is 1. The van der Waals surface area contributed by atoms with Crippen molar-refractivity contribution in [1.29, 1.82) is 0 Å². The number of amides is 1. The van der Waals surface area contributed by atoms with Gasteiger partial charge < -0.3 is 5.32 Å². The molecule has 0 spiro atoms. The van der Waals surface area contributed by atoms with Crippen LogP contribution in [0, 0.1) is 5.92 Å². The molecule has 1 saturated carbocycles. The molecule has 0 heterocycles. The van der Waals surface area contributed by atoms with Crippen molar-refractivity contribution in [3.63, 3.8) is 0 Å². The van der Waals surface area contributed by atoms with Gasteiger partial charge in [0.25, 0.3) is 5.91 Å². The largest absolute Gasteiger partial charge is 0.349 e. The van der Waals surface area contributed by atoms with Gasteiger partial charge in [0.05, 0.1) is 0 Å². The summed E-state index contributed by atoms with van der Waals surface area (Å²) in [4.78, 5) is 12.1. The lowest BCUT2D eigenvalue weighted by Crippen LogP contribution is -2.37. The third kappa shape index (κ3) is 3.48. The van der Waals surface area contributed by atoms with E-state index in [1.807, 2.05) is 0 Å². The Morgan fingerprint density at radius 3 is 2.67 bits per heavy atom. The maximum atomic E-state index is 12.1. The monoisotopic (exact) mass is 329 g/mol. The molecule has 0 aromatic heterocycles. The van der Waals surface area contributed by atoms with Gasteiger partial charge in [-0.15, -0.1) is 0 Å². The Bertz CT molecular complexity index is 423. The molecule has 1 aromatic rings. The van der Waals surface area contributed by atoms with E-state index < -0.39 is 0 Å². The molecule has 1 atom stereocenters. The number of hydrogen-bond acceptors (Lipinski definition) is 1. The van der Waals surface area contributed by atoms with Gasteiger partial charge in [-0.1, -0.05) is 40.4 Å². The Hall–Kier alpha value is -0.540. The average Bonchev–Trinajstić information content (AvgIpc) is 2.80. The molecule has 1 fully saturated rings. The topological polar surface area (TPSA) is 29.1 Å². The molecule has 18 heavy (non-hydrogen) atoms. The number of nitrogens with one attached hydrogen (secondary N) is 1. The number of carbonyl (C=O) groups excluding carboxylic acids is 1. The summed E-state index contributed by atoms with van der Waals surface area (Å²) in [6.07, 6.45) is 5.02. The van der Waals surface area contributed by atoms with Crippen LogP contribution >= 0.6 is 27.5 Å². The van der Waals surface area contributed by atoms with Gasteiger partial charge in [-0.2, -0.15) is 0 Å². The van der Waals surface area contributed by atoms with Crippen molar-refractivity contribution in [3.05, 3.63) is 33.3 Å². The summed E-state index contributed by atoms with van der Waals surface area (Å²) in [5.41, 5.74) is 0.610. The average molecular weight is 331 g/mol. The molecule has 4 heteroatoms. The number of hydrogen-bond donors (Lipinski definition) is 1. The van der Waals surface area contributed by atoms with E-state index in [2.05, 4.69) is 28.2 Å². The summed E-state index contributed by atoms with van der Waals surface area (Å²) >= 11 is 9.30. The lowest BCUT2D eigenvalue weighted by atomic mass is 9.99. The summed E-state index contributed by atoms with van der Waals surface area (Å²) in [5, 5.41) is 3.65. The van der Waals surface area contributed by atoms with Crippen molar-refractivity contribution in [3.8, 4) is 0 Å². The first-order valence-corrected chi connectivity index (χ1v) is 7.50. The van der Waals surface area contributed by atoms with E-state index in [0.717, 1.165) is 4.47 Å². The number of rotatable bonds is 3. The Kier molecular flexibility index (Phi) is 4.68. The fourth-order valence-corrected chi connectivity index (χ4v) is 3.41. The van der Waals surface area contributed by atoms with Crippen LogP contribution in [0.25, 0.3) is 0 Å². The molecular formula is C14H17BrClNO. The molecule has 1 aliphatic carbocycles. The predicted octanol–water partition coefficient (Wildman–Crippen LogP) is 4.41. The zero-order valence-electron chi connectivity index (χ0n) is 10.4. The van der Waals surface area contributed by atoms with Crippen LogP contribution in [0.5, 0.6) is 0 Å². The molecule has 2 nitrogen and oxygen atoms in total. The summed E-state index contributed by atoms with van der Waals surface area (Å²) in [7, 11) is 0. The zero-order chi connectivity index (χ0) is 13.1. The first-order valence-electron chi connectivity index (χ1n) is 6.33. The molecular weight excluding hydrogens is 314 g/mol. The van der Waals surface area contributed by atoms with Gasteiger partial charge in [0.15, 0.2) is 0 Å². The second-order valence-corrected chi connectivity index (χ2v) is 6.32. The second kappa shape index (κ2) is 6.07. The van der Waals surface area contributed by atoms with Crippen molar-refractivity contribution in [2.75, 3.05) is 0 Å². The van der Waals surface area contributed by atoms with Crippen LogP contribution in [0.15, 0.2) is 22.7 Å². The lowest BCUT2D eigenvalue weighted by molar-refractivity contribution is 0.0927. The van der Waals surface area contributed by atoms with Crippen molar-refractivity contribution in [1.82, 2.24) is 5.32 Å². The standard InChI is InChI=1S/C14H17BrClNO/c1-9(10-4-2-3-5-10)17-14(18)11-6-12(15)8-13(16)7-11/h6-10H,2-5H2,1H3,(H,17,18). The number of benzene rings is 1. The van der Waals surface area contributed by atoms with E-state index in [1.165, 1.54) is 25.7 Å². The van der Waals surface area contributed by atoms with Gasteiger partial charge in [0.1, 0.15) is 0 Å². The van der Waals surface area contributed by atoms with Crippen LogP contribution < -0.4 is 5.32 Å². The summed E-state index contributed by atoms with van der Waals surface area (Å²) in [6.45, 7) is 2.09. The van der Waals surface area contributed by atoms with E-state index >= 15 is 0 Å². The molecule has 0 saturated heterocycles. The molecule has 1 aliphatic rings. The van der Waals surface area contributed by atoms with Crippen LogP contribution in [-0.2, 0) is 0 Å². The highest BCUT2D eigenvalue weighted by Crippen LogP contribution is 2.28. The van der Waals surface area contributed by atoms with Gasteiger partial charge >= 0.3 is 0 Å². The van der Waals surface area contributed by atoms with E-state index in [1.54, 1.807) is 18.2 Å². The maximum absolute atomic E-state index is 12.1. The molecule has 0 bridgehead atoms. The Labute approximate surface area is 121 Å². The predicted molar refractivity (Wildman–Crippen MR) is 78.0 cm³/mol. The molecule has 1 unspecified atom stereocenters. The van der Waals surface area contributed by atoms with E-state index in [9.17, 15) is 4.79 Å². The highest BCUT2D eigenvalue weighted by Gasteiger charge is 2.23. The van der Waals surface area contributed by atoms with Gasteiger partial charge in [-0.3, -0.25) is 4.79 Å². The van der Waals surface area contributed by atoms with Gasteiger partial charge in [-0.05, 0) is 43.9 Å². The van der Waals surface area contributed by atoms with Crippen molar-refractivity contribution < 1.29 is 4.79 Å². The van der Waals surface area contributed by atoms with Gasteiger partial charge in [-0.25, -0.2) is 0 Å². The van der Waals surface area contributed by atoms with Crippen LogP contribution in [-0.4, -0.2) is 11.9 Å². The summed E-state index contributed by atoms with van der Waals surface area (Å²) in [5.74, 6) is 0.578. The van der Waals surface area contributed by atoms with Crippen LogP contribution in [0.3, 0.4) is 0 Å². The van der Waals surface area contributed by atoms with E-state index in [4.69, 9.17) is 11.6 Å². The molecule has 1 aromatic carbocycles. The molecule has 0 aliphatic heterocycles. The minimum atomic E-state index is -0.0439.